The molecule has 20 heavy (non-hydrogen) atoms. The second kappa shape index (κ2) is 4.48. The second-order valence-corrected chi connectivity index (χ2v) is 4.81. The predicted molar refractivity (Wildman–Crippen MR) is 77.6 cm³/mol. The fraction of sp³-hybridized carbons (Fsp3) is 0.214. The van der Waals surface area contributed by atoms with E-state index in [9.17, 15) is 0 Å². The standard InChI is InChI=1S/C14H14N6/c1-2-4-9(5-3-1)8-16-14-17-12-11-10(6-7-15-12)19-20-13(11)18-14/h1-5H,6-8H2,(H3,15,16,17,18,19,20). The largest absolute Gasteiger partial charge is 0.369 e. The number of H-pyrrole nitrogens is 1. The van der Waals surface area contributed by atoms with Crippen LogP contribution in [0, 0.1) is 0 Å². The van der Waals surface area contributed by atoms with Crippen LogP contribution >= 0.6 is 0 Å². The molecule has 1 aromatic carbocycles. The van der Waals surface area contributed by atoms with Crippen molar-refractivity contribution in [3.63, 3.8) is 0 Å². The fourth-order valence-corrected chi connectivity index (χ4v) is 2.45. The molecule has 0 bridgehead atoms. The maximum atomic E-state index is 4.53. The lowest BCUT2D eigenvalue weighted by Crippen LogP contribution is -2.14. The van der Waals surface area contributed by atoms with Crippen LogP contribution in [0.15, 0.2) is 30.3 Å². The maximum absolute atomic E-state index is 4.53. The molecule has 3 aromatic rings. The van der Waals surface area contributed by atoms with Crippen molar-refractivity contribution < 1.29 is 0 Å². The van der Waals surface area contributed by atoms with Gasteiger partial charge in [0.05, 0.1) is 11.1 Å². The number of nitrogens with one attached hydrogen (secondary N) is 3. The van der Waals surface area contributed by atoms with Gasteiger partial charge < -0.3 is 10.6 Å². The van der Waals surface area contributed by atoms with Crippen LogP contribution in [0.3, 0.4) is 0 Å². The topological polar surface area (TPSA) is 78.5 Å². The molecule has 3 N–H and O–H groups in total. The van der Waals surface area contributed by atoms with Crippen molar-refractivity contribution in [3.8, 4) is 0 Å². The smallest absolute Gasteiger partial charge is 0.227 e. The van der Waals surface area contributed by atoms with Crippen LogP contribution in [0.4, 0.5) is 11.8 Å². The molecule has 0 aliphatic carbocycles. The number of rotatable bonds is 3. The number of anilines is 2. The number of aromatic nitrogens is 4. The summed E-state index contributed by atoms with van der Waals surface area (Å²) in [6.07, 6.45) is 0.934. The molecule has 0 radical (unpaired) electrons. The molecule has 4 rings (SSSR count). The molecule has 1 aliphatic rings. The first-order chi connectivity index (χ1) is 9.90. The predicted octanol–water partition coefficient (Wildman–Crippen LogP) is 1.93. The minimum absolute atomic E-state index is 0.601. The first-order valence-electron chi connectivity index (χ1n) is 6.67. The summed E-state index contributed by atoms with van der Waals surface area (Å²) in [5.74, 6) is 1.46. The quantitative estimate of drug-likeness (QED) is 0.675. The highest BCUT2D eigenvalue weighted by Crippen LogP contribution is 2.27. The van der Waals surface area contributed by atoms with E-state index < -0.39 is 0 Å². The summed E-state index contributed by atoms with van der Waals surface area (Å²) in [6.45, 7) is 1.57. The van der Waals surface area contributed by atoms with E-state index in [0.29, 0.717) is 18.1 Å². The molecule has 0 atom stereocenters. The van der Waals surface area contributed by atoms with Crippen LogP contribution in [-0.2, 0) is 13.0 Å². The molecule has 0 amide bonds. The Hall–Kier alpha value is -2.63. The molecule has 0 fully saturated rings. The van der Waals surface area contributed by atoms with E-state index in [1.54, 1.807) is 0 Å². The average molecular weight is 266 g/mol. The Labute approximate surface area is 115 Å². The lowest BCUT2D eigenvalue weighted by Gasteiger charge is -2.14. The molecule has 1 aliphatic heterocycles. The van der Waals surface area contributed by atoms with Gasteiger partial charge in [0.2, 0.25) is 5.95 Å². The van der Waals surface area contributed by atoms with Gasteiger partial charge in [-0.3, -0.25) is 5.10 Å². The van der Waals surface area contributed by atoms with Gasteiger partial charge in [-0.15, -0.1) is 0 Å². The van der Waals surface area contributed by atoms with Crippen molar-refractivity contribution >= 4 is 22.8 Å². The Morgan fingerprint density at radius 1 is 1.15 bits per heavy atom. The maximum Gasteiger partial charge on any atom is 0.227 e. The van der Waals surface area contributed by atoms with Gasteiger partial charge in [-0.25, -0.2) is 0 Å². The van der Waals surface area contributed by atoms with Crippen molar-refractivity contribution in [2.24, 2.45) is 0 Å². The number of aromatic amines is 1. The van der Waals surface area contributed by atoms with Crippen molar-refractivity contribution in [3.05, 3.63) is 41.6 Å². The lowest BCUT2D eigenvalue weighted by atomic mass is 10.2. The summed E-state index contributed by atoms with van der Waals surface area (Å²) in [5.41, 5.74) is 3.02. The van der Waals surface area contributed by atoms with E-state index in [0.717, 1.165) is 29.9 Å². The Balaban J connectivity index is 1.64. The third kappa shape index (κ3) is 1.85. The fourth-order valence-electron chi connectivity index (χ4n) is 2.45. The molecule has 0 spiro atoms. The Morgan fingerprint density at radius 2 is 2.05 bits per heavy atom. The molecule has 3 heterocycles. The SMILES string of the molecule is c1ccc(CNc2nc3c4c([nH]nc4n2)CCN3)cc1. The summed E-state index contributed by atoms with van der Waals surface area (Å²) in [7, 11) is 0. The molecule has 2 aromatic heterocycles. The highest BCUT2D eigenvalue weighted by molar-refractivity contribution is 5.91. The summed E-state index contributed by atoms with van der Waals surface area (Å²) >= 11 is 0. The average Bonchev–Trinajstić information content (AvgIpc) is 2.91. The Morgan fingerprint density at radius 3 is 2.95 bits per heavy atom. The first kappa shape index (κ1) is 11.2. The molecular formula is C14H14N6. The van der Waals surface area contributed by atoms with Crippen LogP contribution in [0.25, 0.3) is 11.0 Å². The van der Waals surface area contributed by atoms with Crippen molar-refractivity contribution in [2.75, 3.05) is 17.2 Å². The number of nitrogens with zero attached hydrogens (tertiary/aromatic N) is 3. The molecular weight excluding hydrogens is 252 g/mol. The van der Waals surface area contributed by atoms with Crippen LogP contribution < -0.4 is 10.6 Å². The third-order valence-electron chi connectivity index (χ3n) is 3.45. The van der Waals surface area contributed by atoms with Gasteiger partial charge in [-0.1, -0.05) is 30.3 Å². The van der Waals surface area contributed by atoms with Gasteiger partial charge >= 0.3 is 0 Å². The zero-order valence-corrected chi connectivity index (χ0v) is 10.8. The summed E-state index contributed by atoms with van der Waals surface area (Å²) in [4.78, 5) is 8.97. The van der Waals surface area contributed by atoms with Gasteiger partial charge in [-0.2, -0.15) is 15.1 Å². The van der Waals surface area contributed by atoms with E-state index in [1.807, 2.05) is 18.2 Å². The summed E-state index contributed by atoms with van der Waals surface area (Å²) in [6, 6.07) is 10.2. The third-order valence-corrected chi connectivity index (χ3v) is 3.45. The van der Waals surface area contributed by atoms with Gasteiger partial charge in [0.25, 0.3) is 0 Å². The summed E-state index contributed by atoms with van der Waals surface area (Å²) < 4.78 is 0. The molecule has 0 saturated heterocycles. The second-order valence-electron chi connectivity index (χ2n) is 4.81. The molecule has 100 valence electrons. The van der Waals surface area contributed by atoms with Crippen LogP contribution in [0.5, 0.6) is 0 Å². The normalized spacial score (nSPS) is 13.2. The van der Waals surface area contributed by atoms with E-state index >= 15 is 0 Å². The zero-order chi connectivity index (χ0) is 13.4. The number of benzene rings is 1. The Kier molecular flexibility index (Phi) is 2.51. The van der Waals surface area contributed by atoms with Crippen LogP contribution in [0.1, 0.15) is 11.3 Å². The van der Waals surface area contributed by atoms with E-state index in [2.05, 4.69) is 42.9 Å². The highest BCUT2D eigenvalue weighted by atomic mass is 15.2. The van der Waals surface area contributed by atoms with Crippen molar-refractivity contribution in [1.29, 1.82) is 0 Å². The lowest BCUT2D eigenvalue weighted by molar-refractivity contribution is 0.923. The van der Waals surface area contributed by atoms with E-state index in [1.165, 1.54) is 5.56 Å². The molecule has 6 heteroatoms. The highest BCUT2D eigenvalue weighted by Gasteiger charge is 2.18. The van der Waals surface area contributed by atoms with Crippen LogP contribution in [0.2, 0.25) is 0 Å². The monoisotopic (exact) mass is 266 g/mol. The van der Waals surface area contributed by atoms with Gasteiger partial charge in [0.1, 0.15) is 5.82 Å². The van der Waals surface area contributed by atoms with E-state index in [4.69, 9.17) is 0 Å². The molecule has 0 unspecified atom stereocenters. The van der Waals surface area contributed by atoms with Gasteiger partial charge in [0.15, 0.2) is 5.65 Å². The van der Waals surface area contributed by atoms with Gasteiger partial charge in [0, 0.05) is 19.5 Å². The minimum Gasteiger partial charge on any atom is -0.369 e. The van der Waals surface area contributed by atoms with Crippen molar-refractivity contribution in [1.82, 2.24) is 20.2 Å². The molecule has 6 nitrogen and oxygen atoms in total. The summed E-state index contributed by atoms with van der Waals surface area (Å²) in [5, 5.41) is 14.8. The minimum atomic E-state index is 0.601. The van der Waals surface area contributed by atoms with Crippen LogP contribution in [-0.4, -0.2) is 26.7 Å². The van der Waals surface area contributed by atoms with E-state index in [-0.39, 0.29) is 0 Å². The van der Waals surface area contributed by atoms with Gasteiger partial charge in [-0.05, 0) is 5.56 Å². The number of hydrogen-bond acceptors (Lipinski definition) is 5. The first-order valence-corrected chi connectivity index (χ1v) is 6.67. The zero-order valence-electron chi connectivity index (χ0n) is 10.8. The van der Waals surface area contributed by atoms with Crippen molar-refractivity contribution in [2.45, 2.75) is 13.0 Å². The number of hydrogen-bond donors (Lipinski definition) is 3. The Bertz CT molecular complexity index is 749. The molecule has 0 saturated carbocycles.